The third-order valence-corrected chi connectivity index (χ3v) is 18.7. The fourth-order valence-corrected chi connectivity index (χ4v) is 14.0. The second-order valence-electron chi connectivity index (χ2n) is 23.8. The van der Waals surface area contributed by atoms with Gasteiger partial charge in [0, 0.05) is 16.0 Å². The van der Waals surface area contributed by atoms with Crippen molar-refractivity contribution >= 4 is 29.5 Å². The number of carbonyl (C=O) groups excluding carboxylic acids is 3. The van der Waals surface area contributed by atoms with E-state index in [0.29, 0.717) is 11.1 Å². The summed E-state index contributed by atoms with van der Waals surface area (Å²) >= 11 is 1.34. The van der Waals surface area contributed by atoms with E-state index in [-0.39, 0.29) is 49.7 Å². The molecule has 6 aliphatic heterocycles. The second kappa shape index (κ2) is 28.8. The SMILES string of the molecule is Cc1ccc(S[C@@H]2O[C@@H]3COC(c4ccccc4)O[C@@H]3[C@H](O[C@@H]3O[C@@H]4COC(c5ccccc5)O[C@H]4[C@H](O[C@@H]4O[C@@H](C)[C@@H](OCc5ccccc5)[C@@H](OCc5ccccc5)[C@@H]4OCc4ccccc4)[C@H]3N3C(=O)c4ccccc4C3=O)[C@H]2OC(=O)c2ccccc2)cc1. The Morgan fingerprint density at radius 1 is 0.462 bits per heavy atom. The first-order chi connectivity index (χ1) is 45.7. The highest BCUT2D eigenvalue weighted by Crippen LogP contribution is 2.46. The summed E-state index contributed by atoms with van der Waals surface area (Å²) in [6.45, 7) is 4.34. The molecule has 0 radical (unpaired) electrons. The van der Waals surface area contributed by atoms with Gasteiger partial charge in [-0.15, -0.1) is 0 Å². The Hall–Kier alpha value is -7.76. The van der Waals surface area contributed by atoms with Gasteiger partial charge in [-0.1, -0.05) is 211 Å². The molecular formula is C75H71NO16S. The maximum atomic E-state index is 15.6. The Balaban J connectivity index is 0.908. The van der Waals surface area contributed by atoms with Gasteiger partial charge < -0.3 is 61.6 Å². The van der Waals surface area contributed by atoms with Crippen molar-refractivity contribution in [1.82, 2.24) is 4.90 Å². The molecule has 0 saturated carbocycles. The quantitative estimate of drug-likeness (QED) is 0.0520. The van der Waals surface area contributed by atoms with Gasteiger partial charge >= 0.3 is 5.97 Å². The van der Waals surface area contributed by atoms with Crippen molar-refractivity contribution in [2.45, 2.75) is 142 Å². The number of aryl methyl sites for hydroxylation is 1. The standard InChI is InChI=1S/C75H71NO16S/c1-46-37-39-54(40-38-46)93-75-67(88-70(79)51-29-15-6-16-30-51)65(62-58(87-75)45-84-72(90-62)53-33-19-8-20-34-53)92-73-59(76-68(77)55-35-21-22-36-56(55)69(76)78)63(61-57(86-73)44-83-71(89-61)52-31-17-7-18-32-52)91-74-66(82-43-50-27-13-5-14-28-50)64(81-42-49-25-11-4-12-26-49)60(47(2)85-74)80-41-48-23-9-3-10-24-48/h3-40,47,57-67,71-75H,41-45H2,1-2H3/t47-,57+,58+,59+,60+,61+,62-,63+,64+,65-,66-,67+,71?,72?,73-,74-,75-/m0/s1. The largest absolute Gasteiger partial charge is 0.452 e. The van der Waals surface area contributed by atoms with Gasteiger partial charge in [0.25, 0.3) is 11.8 Å². The van der Waals surface area contributed by atoms with E-state index in [4.69, 9.17) is 61.6 Å². The molecule has 8 aromatic rings. The third kappa shape index (κ3) is 13.9. The van der Waals surface area contributed by atoms with E-state index in [9.17, 15) is 4.79 Å². The van der Waals surface area contributed by atoms with Gasteiger partial charge in [0.2, 0.25) is 0 Å². The number of hydrogen-bond donors (Lipinski definition) is 0. The number of benzene rings is 8. The van der Waals surface area contributed by atoms with E-state index in [1.807, 2.05) is 196 Å². The van der Waals surface area contributed by atoms with Crippen LogP contribution >= 0.6 is 11.8 Å². The van der Waals surface area contributed by atoms with Crippen molar-refractivity contribution in [1.29, 1.82) is 0 Å². The number of thioether (sulfide) groups is 1. The van der Waals surface area contributed by atoms with E-state index >= 15 is 9.59 Å². The average molecular weight is 1270 g/mol. The lowest BCUT2D eigenvalue weighted by Crippen LogP contribution is -2.72. The predicted molar refractivity (Wildman–Crippen MR) is 340 cm³/mol. The monoisotopic (exact) mass is 1270 g/mol. The number of esters is 1. The van der Waals surface area contributed by atoms with Crippen LogP contribution < -0.4 is 0 Å². The lowest BCUT2D eigenvalue weighted by molar-refractivity contribution is -0.399. The molecule has 5 fully saturated rings. The minimum absolute atomic E-state index is 0.0336. The number of imide groups is 1. The van der Waals surface area contributed by atoms with Gasteiger partial charge in [0.1, 0.15) is 66.4 Å². The Kier molecular flexibility index (Phi) is 19.4. The average Bonchev–Trinajstić information content (AvgIpc) is 1.75. The zero-order valence-corrected chi connectivity index (χ0v) is 52.0. The number of fused-ring (bicyclic) bond motifs is 3. The van der Waals surface area contributed by atoms with Crippen LogP contribution in [0.15, 0.2) is 235 Å². The number of carbonyl (C=O) groups is 3. The fraction of sp³-hybridized carbons (Fsp3) is 0.320. The van der Waals surface area contributed by atoms with Gasteiger partial charge in [0.05, 0.1) is 55.8 Å². The van der Waals surface area contributed by atoms with Crippen LogP contribution in [0.5, 0.6) is 0 Å². The lowest BCUT2D eigenvalue weighted by Gasteiger charge is -2.54. The smallest absolute Gasteiger partial charge is 0.338 e. The van der Waals surface area contributed by atoms with Gasteiger partial charge in [0.15, 0.2) is 31.3 Å². The summed E-state index contributed by atoms with van der Waals surface area (Å²) in [5, 5.41) is 0. The molecule has 17 atom stereocenters. The van der Waals surface area contributed by atoms with Gasteiger partial charge in [-0.3, -0.25) is 14.5 Å². The van der Waals surface area contributed by atoms with Crippen LogP contribution in [0, 0.1) is 6.92 Å². The molecule has 0 bridgehead atoms. The highest BCUT2D eigenvalue weighted by Gasteiger charge is 2.62. The first kappa shape index (κ1) is 62.7. The molecule has 8 aromatic carbocycles. The van der Waals surface area contributed by atoms with Crippen molar-refractivity contribution in [3.63, 3.8) is 0 Å². The summed E-state index contributed by atoms with van der Waals surface area (Å²) in [4.78, 5) is 48.0. The van der Waals surface area contributed by atoms with Crippen molar-refractivity contribution < 1.29 is 76.0 Å². The van der Waals surface area contributed by atoms with E-state index in [1.54, 1.807) is 48.5 Å². The van der Waals surface area contributed by atoms with Gasteiger partial charge in [-0.2, -0.15) is 0 Å². The number of amides is 2. The molecular weight excluding hydrogens is 1200 g/mol. The molecule has 2 unspecified atom stereocenters. The van der Waals surface area contributed by atoms with Crippen LogP contribution in [0.2, 0.25) is 0 Å². The molecule has 0 aromatic heterocycles. The Morgan fingerprint density at radius 2 is 0.914 bits per heavy atom. The molecule has 6 heterocycles. The number of nitrogens with zero attached hydrogens (tertiary/aromatic N) is 1. The zero-order chi connectivity index (χ0) is 63.2. The number of rotatable bonds is 20. The summed E-state index contributed by atoms with van der Waals surface area (Å²) in [7, 11) is 0. The molecule has 5 saturated heterocycles. The second-order valence-corrected chi connectivity index (χ2v) is 25.0. The molecule has 17 nitrogen and oxygen atoms in total. The van der Waals surface area contributed by atoms with Gasteiger partial charge in [-0.25, -0.2) is 4.79 Å². The molecule has 6 aliphatic rings. The minimum Gasteiger partial charge on any atom is -0.452 e. The molecule has 93 heavy (non-hydrogen) atoms. The number of ether oxygens (including phenoxy) is 13. The molecule has 478 valence electrons. The Labute approximate surface area is 543 Å². The maximum absolute atomic E-state index is 15.6. The highest BCUT2D eigenvalue weighted by atomic mass is 32.2. The first-order valence-corrected chi connectivity index (χ1v) is 32.4. The predicted octanol–water partition coefficient (Wildman–Crippen LogP) is 11.9. The molecule has 14 rings (SSSR count). The van der Waals surface area contributed by atoms with Crippen molar-refractivity contribution in [3.8, 4) is 0 Å². The van der Waals surface area contributed by atoms with Crippen LogP contribution in [-0.2, 0) is 81.4 Å². The highest BCUT2D eigenvalue weighted by molar-refractivity contribution is 7.99. The van der Waals surface area contributed by atoms with Crippen LogP contribution in [-0.4, -0.2) is 127 Å². The molecule has 0 spiro atoms. The Bertz CT molecular complexity index is 3740. The van der Waals surface area contributed by atoms with Crippen LogP contribution in [0.1, 0.15) is 84.0 Å². The minimum atomic E-state index is -1.62. The Morgan fingerprint density at radius 3 is 1.45 bits per heavy atom. The van der Waals surface area contributed by atoms with Crippen molar-refractivity contribution in [2.75, 3.05) is 13.2 Å². The van der Waals surface area contributed by atoms with Crippen molar-refractivity contribution in [2.24, 2.45) is 0 Å². The zero-order valence-electron chi connectivity index (χ0n) is 51.2. The number of hydrogen-bond acceptors (Lipinski definition) is 17. The summed E-state index contributed by atoms with van der Waals surface area (Å²) in [5.74, 6) is -1.94. The van der Waals surface area contributed by atoms with E-state index in [2.05, 4.69) is 0 Å². The summed E-state index contributed by atoms with van der Waals surface area (Å²) in [5.41, 5.74) is 4.79. The van der Waals surface area contributed by atoms with E-state index in [0.717, 1.165) is 32.0 Å². The fourth-order valence-electron chi connectivity index (χ4n) is 12.9. The lowest BCUT2D eigenvalue weighted by atomic mass is 9.92. The van der Waals surface area contributed by atoms with E-state index in [1.165, 1.54) is 11.8 Å². The summed E-state index contributed by atoms with van der Waals surface area (Å²) in [6, 6.07) is 70.0. The van der Waals surface area contributed by atoms with E-state index < -0.39 is 122 Å². The summed E-state index contributed by atoms with van der Waals surface area (Å²) in [6.07, 6.45) is -16.2. The van der Waals surface area contributed by atoms with Crippen LogP contribution in [0.4, 0.5) is 0 Å². The third-order valence-electron chi connectivity index (χ3n) is 17.5. The maximum Gasteiger partial charge on any atom is 0.338 e. The van der Waals surface area contributed by atoms with Gasteiger partial charge in [-0.05, 0) is 66.9 Å². The molecule has 18 heteroatoms. The van der Waals surface area contributed by atoms with Crippen LogP contribution in [0.25, 0.3) is 0 Å². The normalized spacial score (nSPS) is 30.0. The van der Waals surface area contributed by atoms with Crippen molar-refractivity contribution in [3.05, 3.63) is 281 Å². The topological polar surface area (TPSA) is 174 Å². The molecule has 0 N–H and O–H groups in total. The van der Waals surface area contributed by atoms with Crippen LogP contribution in [0.3, 0.4) is 0 Å². The summed E-state index contributed by atoms with van der Waals surface area (Å²) < 4.78 is 91.8. The first-order valence-electron chi connectivity index (χ1n) is 31.5. The molecule has 0 aliphatic carbocycles. The molecule has 2 amide bonds.